The lowest BCUT2D eigenvalue weighted by atomic mass is 10.3. The van der Waals surface area contributed by atoms with Crippen molar-refractivity contribution in [2.24, 2.45) is 0 Å². The molecule has 2 aromatic rings. The predicted molar refractivity (Wildman–Crippen MR) is 68.8 cm³/mol. The van der Waals surface area contributed by atoms with E-state index in [9.17, 15) is 10.1 Å². The minimum absolute atomic E-state index is 0.0435. The van der Waals surface area contributed by atoms with Gasteiger partial charge in [-0.2, -0.15) is 4.98 Å². The van der Waals surface area contributed by atoms with Gasteiger partial charge in [-0.1, -0.05) is 12.1 Å². The minimum Gasteiger partial charge on any atom is -0.482 e. The normalized spacial score (nSPS) is 10.4. The molecule has 0 fully saturated rings. The molecular formula is C11H10BrN3O4. The summed E-state index contributed by atoms with van der Waals surface area (Å²) in [6.07, 6.45) is 0.671. The van der Waals surface area contributed by atoms with Gasteiger partial charge < -0.3 is 9.26 Å². The molecule has 0 atom stereocenters. The van der Waals surface area contributed by atoms with Crippen LogP contribution in [0.25, 0.3) is 0 Å². The highest BCUT2D eigenvalue weighted by Crippen LogP contribution is 2.29. The van der Waals surface area contributed by atoms with Crippen LogP contribution < -0.4 is 4.74 Å². The zero-order valence-corrected chi connectivity index (χ0v) is 11.6. The summed E-state index contributed by atoms with van der Waals surface area (Å²) in [6, 6.07) is 4.28. The van der Waals surface area contributed by atoms with Gasteiger partial charge in [0.25, 0.3) is 11.6 Å². The van der Waals surface area contributed by atoms with Crippen LogP contribution in [0.3, 0.4) is 0 Å². The number of aromatic nitrogens is 2. The summed E-state index contributed by atoms with van der Waals surface area (Å²) in [5, 5.41) is 14.4. The fourth-order valence-electron chi connectivity index (χ4n) is 1.35. The number of non-ortho nitro benzene ring substituents is 1. The van der Waals surface area contributed by atoms with E-state index in [4.69, 9.17) is 9.26 Å². The quantitative estimate of drug-likeness (QED) is 0.619. The second-order valence-electron chi connectivity index (χ2n) is 3.62. The van der Waals surface area contributed by atoms with Crippen molar-refractivity contribution in [2.75, 3.05) is 0 Å². The second-order valence-corrected chi connectivity index (χ2v) is 4.47. The first kappa shape index (κ1) is 13.5. The van der Waals surface area contributed by atoms with Crippen LogP contribution in [-0.2, 0) is 13.0 Å². The number of rotatable bonds is 5. The molecule has 0 N–H and O–H groups in total. The highest BCUT2D eigenvalue weighted by molar-refractivity contribution is 9.10. The molecule has 0 spiro atoms. The van der Waals surface area contributed by atoms with Crippen LogP contribution in [0.4, 0.5) is 5.69 Å². The van der Waals surface area contributed by atoms with Gasteiger partial charge in [0.1, 0.15) is 5.75 Å². The number of hydrogen-bond donors (Lipinski definition) is 0. The lowest BCUT2D eigenvalue weighted by molar-refractivity contribution is -0.385. The Labute approximate surface area is 116 Å². The first-order valence-electron chi connectivity index (χ1n) is 5.48. The van der Waals surface area contributed by atoms with Crippen LogP contribution >= 0.6 is 15.9 Å². The molecule has 0 aliphatic rings. The molecule has 100 valence electrons. The Morgan fingerprint density at radius 3 is 2.95 bits per heavy atom. The van der Waals surface area contributed by atoms with Gasteiger partial charge >= 0.3 is 0 Å². The zero-order chi connectivity index (χ0) is 13.8. The highest BCUT2D eigenvalue weighted by Gasteiger charge is 2.12. The molecule has 8 heteroatoms. The third kappa shape index (κ3) is 3.28. The van der Waals surface area contributed by atoms with Gasteiger partial charge in [-0.05, 0) is 22.0 Å². The van der Waals surface area contributed by atoms with Gasteiger partial charge in [0, 0.05) is 12.5 Å². The maximum atomic E-state index is 10.7. The number of nitro groups is 1. The minimum atomic E-state index is -0.485. The monoisotopic (exact) mass is 327 g/mol. The van der Waals surface area contributed by atoms with E-state index in [2.05, 4.69) is 26.1 Å². The molecule has 7 nitrogen and oxygen atoms in total. The second kappa shape index (κ2) is 5.79. The molecule has 0 amide bonds. The summed E-state index contributed by atoms with van der Waals surface area (Å²) in [5.41, 5.74) is -0.0435. The molecule has 0 bridgehead atoms. The number of ether oxygens (including phenoxy) is 1. The van der Waals surface area contributed by atoms with Crippen molar-refractivity contribution in [3.8, 4) is 5.75 Å². The van der Waals surface area contributed by atoms with E-state index in [1.807, 2.05) is 6.92 Å². The number of nitrogens with zero attached hydrogens (tertiary/aromatic N) is 3. The first-order chi connectivity index (χ1) is 9.10. The van der Waals surface area contributed by atoms with Gasteiger partial charge in [-0.15, -0.1) is 0 Å². The van der Waals surface area contributed by atoms with Gasteiger partial charge in [0.15, 0.2) is 12.4 Å². The van der Waals surface area contributed by atoms with Gasteiger partial charge in [0.2, 0.25) is 0 Å². The van der Waals surface area contributed by atoms with Crippen molar-refractivity contribution < 1.29 is 14.2 Å². The third-order valence-electron chi connectivity index (χ3n) is 2.30. The summed E-state index contributed by atoms with van der Waals surface area (Å²) >= 11 is 3.26. The largest absolute Gasteiger partial charge is 0.482 e. The Balaban J connectivity index is 2.10. The number of hydrogen-bond acceptors (Lipinski definition) is 6. The summed E-state index contributed by atoms with van der Waals surface area (Å²) in [6.45, 7) is 1.97. The Morgan fingerprint density at radius 2 is 2.32 bits per heavy atom. The van der Waals surface area contributed by atoms with Crippen LogP contribution in [0.1, 0.15) is 18.6 Å². The van der Waals surface area contributed by atoms with Crippen LogP contribution in [0.2, 0.25) is 0 Å². The zero-order valence-electron chi connectivity index (χ0n) is 10.00. The number of benzene rings is 1. The molecule has 19 heavy (non-hydrogen) atoms. The topological polar surface area (TPSA) is 91.3 Å². The maximum absolute atomic E-state index is 10.7. The summed E-state index contributed by atoms with van der Waals surface area (Å²) in [4.78, 5) is 14.3. The van der Waals surface area contributed by atoms with Crippen LogP contribution in [0.15, 0.2) is 27.2 Å². The molecule has 1 heterocycles. The number of aryl methyl sites for hydroxylation is 1. The van der Waals surface area contributed by atoms with E-state index in [1.165, 1.54) is 12.1 Å². The molecule has 0 saturated carbocycles. The van der Waals surface area contributed by atoms with Crippen LogP contribution in [0, 0.1) is 10.1 Å². The van der Waals surface area contributed by atoms with E-state index in [1.54, 1.807) is 6.07 Å². The molecule has 2 rings (SSSR count). The van der Waals surface area contributed by atoms with Crippen molar-refractivity contribution in [1.29, 1.82) is 0 Å². The average molecular weight is 328 g/mol. The van der Waals surface area contributed by atoms with E-state index in [-0.39, 0.29) is 12.3 Å². The number of nitro benzene ring substituents is 1. The number of halogens is 1. The van der Waals surface area contributed by atoms with Gasteiger partial charge in [0.05, 0.1) is 15.5 Å². The predicted octanol–water partition coefficient (Wildman–Crippen LogP) is 2.88. The molecule has 0 aliphatic carbocycles. The highest BCUT2D eigenvalue weighted by atomic mass is 79.9. The van der Waals surface area contributed by atoms with Crippen molar-refractivity contribution >= 4 is 21.6 Å². The lowest BCUT2D eigenvalue weighted by Crippen LogP contribution is -1.98. The molecule has 0 saturated heterocycles. The maximum Gasteiger partial charge on any atom is 0.273 e. The Hall–Kier alpha value is -1.96. The third-order valence-corrected chi connectivity index (χ3v) is 2.96. The van der Waals surface area contributed by atoms with Crippen LogP contribution in [0.5, 0.6) is 5.75 Å². The molecular weight excluding hydrogens is 318 g/mol. The Bertz CT molecular complexity index is 599. The van der Waals surface area contributed by atoms with E-state index < -0.39 is 4.92 Å². The smallest absolute Gasteiger partial charge is 0.273 e. The fourth-order valence-corrected chi connectivity index (χ4v) is 1.71. The van der Waals surface area contributed by atoms with Crippen molar-refractivity contribution in [2.45, 2.75) is 20.0 Å². The van der Waals surface area contributed by atoms with E-state index in [0.29, 0.717) is 28.4 Å². The van der Waals surface area contributed by atoms with Crippen molar-refractivity contribution in [3.05, 3.63) is 44.5 Å². The summed E-state index contributed by atoms with van der Waals surface area (Å²) < 4.78 is 11.0. The molecule has 0 unspecified atom stereocenters. The molecule has 0 radical (unpaired) electrons. The Morgan fingerprint density at radius 1 is 1.53 bits per heavy atom. The molecule has 1 aromatic heterocycles. The lowest BCUT2D eigenvalue weighted by Gasteiger charge is -2.05. The van der Waals surface area contributed by atoms with Crippen LogP contribution in [-0.4, -0.2) is 15.1 Å². The van der Waals surface area contributed by atoms with E-state index in [0.717, 1.165) is 0 Å². The Kier molecular flexibility index (Phi) is 4.10. The van der Waals surface area contributed by atoms with Crippen molar-refractivity contribution in [1.82, 2.24) is 10.1 Å². The average Bonchev–Trinajstić information content (AvgIpc) is 2.85. The van der Waals surface area contributed by atoms with E-state index >= 15 is 0 Å². The summed E-state index contributed by atoms with van der Waals surface area (Å²) in [5.74, 6) is 1.28. The van der Waals surface area contributed by atoms with Gasteiger partial charge in [-0.3, -0.25) is 10.1 Å². The van der Waals surface area contributed by atoms with Gasteiger partial charge in [-0.25, -0.2) is 0 Å². The molecule has 0 aliphatic heterocycles. The van der Waals surface area contributed by atoms with Crippen molar-refractivity contribution in [3.63, 3.8) is 0 Å². The standard InChI is InChI=1S/C11H10BrN3O4/c1-2-10-13-11(19-14-10)6-18-9-5-7(15(16)17)3-4-8(9)12/h3-5H,2,6H2,1H3. The summed E-state index contributed by atoms with van der Waals surface area (Å²) in [7, 11) is 0. The SMILES string of the molecule is CCc1noc(COc2cc([N+](=O)[O-])ccc2Br)n1. The fraction of sp³-hybridized carbons (Fsp3) is 0.273. The molecule has 1 aromatic carbocycles. The first-order valence-corrected chi connectivity index (χ1v) is 6.27.